The van der Waals surface area contributed by atoms with E-state index in [0.29, 0.717) is 39.5 Å². The number of hydrogen-bond acceptors (Lipinski definition) is 5. The topological polar surface area (TPSA) is 54.0 Å². The fourth-order valence-corrected chi connectivity index (χ4v) is 1.99. The molecular formula is C15H20O5. The minimum absolute atomic E-state index is 0.144. The lowest BCUT2D eigenvalue weighted by molar-refractivity contribution is -0.122. The second-order valence-corrected chi connectivity index (χ2v) is 4.49. The zero-order valence-electron chi connectivity index (χ0n) is 11.7. The molecule has 0 aliphatic carbocycles. The van der Waals surface area contributed by atoms with Gasteiger partial charge < -0.3 is 18.9 Å². The van der Waals surface area contributed by atoms with Crippen LogP contribution in [-0.2, 0) is 19.0 Å². The van der Waals surface area contributed by atoms with E-state index >= 15 is 0 Å². The van der Waals surface area contributed by atoms with Crippen LogP contribution in [0.5, 0.6) is 5.75 Å². The molecule has 20 heavy (non-hydrogen) atoms. The molecule has 0 aromatic heterocycles. The quantitative estimate of drug-likeness (QED) is 0.679. The number of carbonyl (C=O) groups is 1. The average molecular weight is 280 g/mol. The summed E-state index contributed by atoms with van der Waals surface area (Å²) in [6.45, 7) is 2.68. The summed E-state index contributed by atoms with van der Waals surface area (Å²) in [7, 11) is 1.64. The van der Waals surface area contributed by atoms with Gasteiger partial charge in [-0.1, -0.05) is 12.1 Å². The Morgan fingerprint density at radius 1 is 1.15 bits per heavy atom. The average Bonchev–Trinajstić information content (AvgIpc) is 2.90. The smallest absolute Gasteiger partial charge is 0.168 e. The van der Waals surface area contributed by atoms with Gasteiger partial charge in [0.25, 0.3) is 0 Å². The van der Waals surface area contributed by atoms with Gasteiger partial charge in [0.05, 0.1) is 26.4 Å². The van der Waals surface area contributed by atoms with Gasteiger partial charge in [0, 0.05) is 13.5 Å². The molecule has 5 heteroatoms. The highest BCUT2D eigenvalue weighted by Crippen LogP contribution is 2.26. The third-order valence-electron chi connectivity index (χ3n) is 3.04. The number of methoxy groups -OCH3 is 1. The van der Waals surface area contributed by atoms with E-state index in [2.05, 4.69) is 0 Å². The Hall–Kier alpha value is -1.43. The van der Waals surface area contributed by atoms with Gasteiger partial charge in [0.1, 0.15) is 18.5 Å². The third kappa shape index (κ3) is 4.30. The zero-order valence-corrected chi connectivity index (χ0v) is 11.7. The van der Waals surface area contributed by atoms with Crippen molar-refractivity contribution in [1.29, 1.82) is 0 Å². The summed E-state index contributed by atoms with van der Waals surface area (Å²) in [5, 5.41) is 0. The highest BCUT2D eigenvalue weighted by Gasteiger charge is 2.26. The van der Waals surface area contributed by atoms with Crippen molar-refractivity contribution in [3.05, 3.63) is 29.8 Å². The first-order valence-corrected chi connectivity index (χ1v) is 6.75. The molecule has 110 valence electrons. The van der Waals surface area contributed by atoms with Crippen molar-refractivity contribution in [1.82, 2.24) is 0 Å². The molecule has 1 saturated heterocycles. The third-order valence-corrected chi connectivity index (χ3v) is 3.04. The minimum atomic E-state index is -0.401. The Labute approximate surface area is 118 Å². The van der Waals surface area contributed by atoms with Gasteiger partial charge in [-0.05, 0) is 17.7 Å². The molecular weight excluding hydrogens is 260 g/mol. The maximum absolute atomic E-state index is 11.6. The number of rotatable bonds is 8. The lowest BCUT2D eigenvalue weighted by Crippen LogP contribution is -2.10. The largest absolute Gasteiger partial charge is 0.491 e. The van der Waals surface area contributed by atoms with Gasteiger partial charge in [-0.15, -0.1) is 0 Å². The molecule has 1 aliphatic heterocycles. The molecule has 1 aliphatic rings. The summed E-state index contributed by atoms with van der Waals surface area (Å²) in [5.41, 5.74) is 0.885. The number of ketones is 1. The highest BCUT2D eigenvalue weighted by molar-refractivity contribution is 5.85. The molecule has 1 fully saturated rings. The minimum Gasteiger partial charge on any atom is -0.491 e. The van der Waals surface area contributed by atoms with Crippen LogP contribution in [0.1, 0.15) is 18.1 Å². The summed E-state index contributed by atoms with van der Waals surface area (Å²) >= 11 is 0. The second-order valence-electron chi connectivity index (χ2n) is 4.49. The molecule has 0 spiro atoms. The van der Waals surface area contributed by atoms with Crippen LogP contribution >= 0.6 is 0 Å². The van der Waals surface area contributed by atoms with E-state index in [0.717, 1.165) is 11.3 Å². The van der Waals surface area contributed by atoms with E-state index in [1.165, 1.54) is 0 Å². The van der Waals surface area contributed by atoms with Gasteiger partial charge in [0.2, 0.25) is 0 Å². The van der Waals surface area contributed by atoms with Crippen LogP contribution in [0, 0.1) is 0 Å². The first-order valence-electron chi connectivity index (χ1n) is 6.75. The van der Waals surface area contributed by atoms with Crippen LogP contribution in [0.2, 0.25) is 0 Å². The molecule has 0 amide bonds. The summed E-state index contributed by atoms with van der Waals surface area (Å²) in [5.74, 6) is 0.903. The van der Waals surface area contributed by atoms with Crippen LogP contribution in [-0.4, -0.2) is 45.9 Å². The molecule has 0 radical (unpaired) electrons. The Morgan fingerprint density at radius 3 is 2.55 bits per heavy atom. The molecule has 0 saturated carbocycles. The molecule has 0 bridgehead atoms. The van der Waals surface area contributed by atoms with Crippen molar-refractivity contribution in [3.63, 3.8) is 0 Å². The number of benzene rings is 1. The lowest BCUT2D eigenvalue weighted by atomic mass is 10.1. The highest BCUT2D eigenvalue weighted by atomic mass is 16.5. The second kappa shape index (κ2) is 7.99. The fraction of sp³-hybridized carbons (Fsp3) is 0.533. The number of carbonyl (C=O) groups excluding carboxylic acids is 1. The Balaban J connectivity index is 1.73. The van der Waals surface area contributed by atoms with E-state index in [1.54, 1.807) is 7.11 Å². The number of Topliss-reactive ketones (excluding diaryl/α,β-unsaturated/α-hetero) is 1. The Morgan fingerprint density at radius 2 is 1.90 bits per heavy atom. The van der Waals surface area contributed by atoms with Gasteiger partial charge in [0.15, 0.2) is 5.78 Å². The van der Waals surface area contributed by atoms with E-state index in [4.69, 9.17) is 18.9 Å². The van der Waals surface area contributed by atoms with Gasteiger partial charge >= 0.3 is 0 Å². The number of hydrogen-bond donors (Lipinski definition) is 0. The van der Waals surface area contributed by atoms with Crippen molar-refractivity contribution in [3.8, 4) is 5.75 Å². The van der Waals surface area contributed by atoms with E-state index in [-0.39, 0.29) is 5.78 Å². The maximum atomic E-state index is 11.6. The Kier molecular flexibility index (Phi) is 5.98. The van der Waals surface area contributed by atoms with Crippen LogP contribution in [0.3, 0.4) is 0 Å². The summed E-state index contributed by atoms with van der Waals surface area (Å²) in [6, 6.07) is 7.43. The van der Waals surface area contributed by atoms with Crippen LogP contribution < -0.4 is 4.74 Å². The zero-order chi connectivity index (χ0) is 14.2. The first kappa shape index (κ1) is 15.0. The molecule has 1 unspecified atom stereocenters. The van der Waals surface area contributed by atoms with Crippen LogP contribution in [0.4, 0.5) is 0 Å². The number of ether oxygens (including phenoxy) is 4. The monoisotopic (exact) mass is 280 g/mol. The van der Waals surface area contributed by atoms with Crippen molar-refractivity contribution < 1.29 is 23.7 Å². The van der Waals surface area contributed by atoms with E-state index < -0.39 is 6.10 Å². The summed E-state index contributed by atoms with van der Waals surface area (Å²) in [6.07, 6.45) is 0.100. The molecule has 2 rings (SSSR count). The van der Waals surface area contributed by atoms with Crippen LogP contribution in [0.15, 0.2) is 24.3 Å². The van der Waals surface area contributed by atoms with Crippen molar-refractivity contribution in [2.45, 2.75) is 12.5 Å². The first-order chi connectivity index (χ1) is 9.81. The predicted octanol–water partition coefficient (Wildman–Crippen LogP) is 1.76. The SMILES string of the molecule is COCCOCCOc1ccc(C2OCCC2=O)cc1. The summed E-state index contributed by atoms with van der Waals surface area (Å²) < 4.78 is 21.1. The molecule has 1 atom stereocenters. The fourth-order valence-electron chi connectivity index (χ4n) is 1.99. The Bertz CT molecular complexity index is 415. The lowest BCUT2D eigenvalue weighted by Gasteiger charge is -2.10. The normalized spacial score (nSPS) is 18.4. The molecule has 1 aromatic rings. The van der Waals surface area contributed by atoms with Gasteiger partial charge in [-0.2, -0.15) is 0 Å². The molecule has 1 aromatic carbocycles. The summed E-state index contributed by atoms with van der Waals surface area (Å²) in [4.78, 5) is 11.6. The molecule has 5 nitrogen and oxygen atoms in total. The van der Waals surface area contributed by atoms with Crippen molar-refractivity contribution >= 4 is 5.78 Å². The van der Waals surface area contributed by atoms with Gasteiger partial charge in [-0.3, -0.25) is 4.79 Å². The standard InChI is InChI=1S/C15H20O5/c1-17-8-9-18-10-11-19-13-4-2-12(3-5-13)15-14(16)6-7-20-15/h2-5,15H,6-11H2,1H3. The molecule has 0 N–H and O–H groups in total. The molecule has 1 heterocycles. The van der Waals surface area contributed by atoms with E-state index in [9.17, 15) is 4.79 Å². The van der Waals surface area contributed by atoms with Crippen molar-refractivity contribution in [2.75, 3.05) is 40.1 Å². The van der Waals surface area contributed by atoms with Crippen LogP contribution in [0.25, 0.3) is 0 Å². The van der Waals surface area contributed by atoms with Crippen molar-refractivity contribution in [2.24, 2.45) is 0 Å². The maximum Gasteiger partial charge on any atom is 0.168 e. The van der Waals surface area contributed by atoms with Gasteiger partial charge in [-0.25, -0.2) is 0 Å². The van der Waals surface area contributed by atoms with E-state index in [1.807, 2.05) is 24.3 Å². The predicted molar refractivity (Wildman–Crippen MR) is 72.9 cm³/mol.